The van der Waals surface area contributed by atoms with Crippen LogP contribution in [0, 0.1) is 5.92 Å². The standard InChI is InChI=1S/C19H22N4S/c1-13-17(15-10-6-3-7-11-15)20-16(14-8-4-2-5-9-14)12-19(13)21-18(24)22-23-19/h2-11,13,16-17,20,23H,12H2,1H3,(H2,21,22,24). The Balaban J connectivity index is 1.72. The van der Waals surface area contributed by atoms with Gasteiger partial charge in [-0.2, -0.15) is 0 Å². The van der Waals surface area contributed by atoms with Crippen molar-refractivity contribution in [1.82, 2.24) is 21.5 Å². The van der Waals surface area contributed by atoms with E-state index < -0.39 is 0 Å². The number of benzene rings is 2. The first-order chi connectivity index (χ1) is 11.7. The Labute approximate surface area is 148 Å². The highest BCUT2D eigenvalue weighted by Gasteiger charge is 2.50. The molecule has 2 heterocycles. The molecule has 4 rings (SSSR count). The summed E-state index contributed by atoms with van der Waals surface area (Å²) in [6, 6.07) is 21.7. The van der Waals surface area contributed by atoms with Crippen molar-refractivity contribution in [3.05, 3.63) is 71.8 Å². The largest absolute Gasteiger partial charge is 0.342 e. The number of nitrogens with one attached hydrogen (secondary N) is 4. The maximum absolute atomic E-state index is 5.33. The quantitative estimate of drug-likeness (QED) is 0.635. The Morgan fingerprint density at radius 1 is 0.958 bits per heavy atom. The van der Waals surface area contributed by atoms with Crippen LogP contribution >= 0.6 is 12.2 Å². The Morgan fingerprint density at radius 3 is 2.17 bits per heavy atom. The third-order valence-corrected chi connectivity index (χ3v) is 5.48. The van der Waals surface area contributed by atoms with Gasteiger partial charge in [-0.05, 0) is 23.3 Å². The van der Waals surface area contributed by atoms with E-state index in [4.69, 9.17) is 12.2 Å². The number of thiocarbonyl (C=S) groups is 1. The van der Waals surface area contributed by atoms with Crippen molar-refractivity contribution in [3.63, 3.8) is 0 Å². The summed E-state index contributed by atoms with van der Waals surface area (Å²) in [4.78, 5) is 0. The van der Waals surface area contributed by atoms with Crippen molar-refractivity contribution >= 4 is 17.3 Å². The van der Waals surface area contributed by atoms with Gasteiger partial charge in [-0.3, -0.25) is 5.43 Å². The maximum atomic E-state index is 5.33. The van der Waals surface area contributed by atoms with E-state index in [0.29, 0.717) is 11.0 Å². The van der Waals surface area contributed by atoms with Gasteiger partial charge in [0.15, 0.2) is 5.11 Å². The molecule has 0 aromatic heterocycles. The topological polar surface area (TPSA) is 48.1 Å². The van der Waals surface area contributed by atoms with Crippen molar-refractivity contribution < 1.29 is 0 Å². The summed E-state index contributed by atoms with van der Waals surface area (Å²) in [5.74, 6) is 0.313. The third kappa shape index (κ3) is 2.69. The smallest absolute Gasteiger partial charge is 0.182 e. The molecule has 1 spiro atoms. The molecule has 0 aliphatic carbocycles. The molecule has 4 unspecified atom stereocenters. The van der Waals surface area contributed by atoms with Gasteiger partial charge in [-0.1, -0.05) is 67.6 Å². The van der Waals surface area contributed by atoms with Gasteiger partial charge in [0.2, 0.25) is 0 Å². The van der Waals surface area contributed by atoms with E-state index in [9.17, 15) is 0 Å². The highest BCUT2D eigenvalue weighted by Crippen LogP contribution is 2.42. The van der Waals surface area contributed by atoms with Gasteiger partial charge in [0.05, 0.1) is 0 Å². The molecule has 2 aliphatic heterocycles. The summed E-state index contributed by atoms with van der Waals surface area (Å²) >= 11 is 5.33. The van der Waals surface area contributed by atoms with Crippen molar-refractivity contribution in [2.24, 2.45) is 5.92 Å². The minimum Gasteiger partial charge on any atom is -0.342 e. The number of hydrogen-bond acceptors (Lipinski definition) is 3. The van der Waals surface area contributed by atoms with E-state index in [1.165, 1.54) is 11.1 Å². The molecule has 0 saturated carbocycles. The monoisotopic (exact) mass is 338 g/mol. The SMILES string of the molecule is CC1C(c2ccccc2)NC(c2ccccc2)CC12NNC(=S)N2. The summed E-state index contributed by atoms with van der Waals surface area (Å²) in [6.07, 6.45) is 0.911. The molecule has 24 heavy (non-hydrogen) atoms. The van der Waals surface area contributed by atoms with Crippen LogP contribution in [0.3, 0.4) is 0 Å². The fourth-order valence-electron chi connectivity index (χ4n) is 3.92. The zero-order valence-electron chi connectivity index (χ0n) is 13.6. The minimum absolute atomic E-state index is 0.229. The molecule has 2 aromatic carbocycles. The van der Waals surface area contributed by atoms with Crippen LogP contribution in [0.25, 0.3) is 0 Å². The van der Waals surface area contributed by atoms with Crippen LogP contribution in [-0.4, -0.2) is 10.8 Å². The molecule has 0 radical (unpaired) electrons. The van der Waals surface area contributed by atoms with E-state index in [0.717, 1.165) is 6.42 Å². The van der Waals surface area contributed by atoms with Gasteiger partial charge in [-0.25, -0.2) is 5.43 Å². The van der Waals surface area contributed by atoms with Crippen LogP contribution in [0.2, 0.25) is 0 Å². The Hall–Kier alpha value is -1.95. The van der Waals surface area contributed by atoms with E-state index >= 15 is 0 Å². The fraction of sp³-hybridized carbons (Fsp3) is 0.316. The summed E-state index contributed by atoms with van der Waals surface area (Å²) in [5, 5.41) is 8.01. The lowest BCUT2D eigenvalue weighted by Gasteiger charge is -2.48. The van der Waals surface area contributed by atoms with Crippen LogP contribution < -0.4 is 21.5 Å². The molecular weight excluding hydrogens is 316 g/mol. The lowest BCUT2D eigenvalue weighted by molar-refractivity contribution is 0.0893. The van der Waals surface area contributed by atoms with Crippen molar-refractivity contribution in [3.8, 4) is 0 Å². The van der Waals surface area contributed by atoms with E-state index in [-0.39, 0.29) is 17.7 Å². The number of hydrazine groups is 1. The first kappa shape index (κ1) is 15.6. The zero-order chi connectivity index (χ0) is 16.6. The molecule has 2 aliphatic rings. The highest BCUT2D eigenvalue weighted by atomic mass is 32.1. The zero-order valence-corrected chi connectivity index (χ0v) is 14.4. The Bertz CT molecular complexity index is 721. The first-order valence-corrected chi connectivity index (χ1v) is 8.80. The van der Waals surface area contributed by atoms with Crippen LogP contribution in [0.15, 0.2) is 60.7 Å². The number of piperidine rings is 1. The predicted octanol–water partition coefficient (Wildman–Crippen LogP) is 2.78. The predicted molar refractivity (Wildman–Crippen MR) is 100 cm³/mol. The molecule has 0 bridgehead atoms. The molecule has 4 nitrogen and oxygen atoms in total. The van der Waals surface area contributed by atoms with E-state index in [1.807, 2.05) is 0 Å². The van der Waals surface area contributed by atoms with E-state index in [1.54, 1.807) is 0 Å². The van der Waals surface area contributed by atoms with Gasteiger partial charge in [0, 0.05) is 24.4 Å². The van der Waals surface area contributed by atoms with Crippen LogP contribution in [-0.2, 0) is 0 Å². The lowest BCUT2D eigenvalue weighted by Crippen LogP contribution is -2.63. The molecule has 2 fully saturated rings. The normalized spacial score (nSPS) is 32.4. The molecule has 4 atom stereocenters. The Kier molecular flexibility index (Phi) is 4.00. The number of rotatable bonds is 2. The fourth-order valence-corrected chi connectivity index (χ4v) is 4.15. The Morgan fingerprint density at radius 2 is 1.58 bits per heavy atom. The molecule has 2 aromatic rings. The summed E-state index contributed by atoms with van der Waals surface area (Å²) in [5.41, 5.74) is 8.86. The second-order valence-electron chi connectivity index (χ2n) is 6.69. The molecule has 124 valence electrons. The second kappa shape index (κ2) is 6.16. The third-order valence-electron chi connectivity index (χ3n) is 5.28. The average Bonchev–Trinajstić information content (AvgIpc) is 3.00. The van der Waals surface area contributed by atoms with Crippen molar-refractivity contribution in [2.45, 2.75) is 31.1 Å². The molecule has 0 amide bonds. The lowest BCUT2D eigenvalue weighted by atomic mass is 9.75. The van der Waals surface area contributed by atoms with Gasteiger partial charge < -0.3 is 10.6 Å². The van der Waals surface area contributed by atoms with E-state index in [2.05, 4.69) is 89.1 Å². The first-order valence-electron chi connectivity index (χ1n) is 8.39. The van der Waals surface area contributed by atoms with Gasteiger partial charge in [0.1, 0.15) is 5.66 Å². The van der Waals surface area contributed by atoms with Gasteiger partial charge >= 0.3 is 0 Å². The van der Waals surface area contributed by atoms with Gasteiger partial charge in [-0.15, -0.1) is 0 Å². The van der Waals surface area contributed by atoms with Gasteiger partial charge in [0.25, 0.3) is 0 Å². The molecule has 4 N–H and O–H groups in total. The van der Waals surface area contributed by atoms with Crippen molar-refractivity contribution in [2.75, 3.05) is 0 Å². The molecule has 5 heteroatoms. The summed E-state index contributed by atoms with van der Waals surface area (Å²) in [7, 11) is 0. The minimum atomic E-state index is -0.261. The average molecular weight is 338 g/mol. The molecule has 2 saturated heterocycles. The maximum Gasteiger partial charge on any atom is 0.182 e. The summed E-state index contributed by atoms with van der Waals surface area (Å²) < 4.78 is 0. The van der Waals surface area contributed by atoms with Crippen LogP contribution in [0.1, 0.15) is 36.6 Å². The van der Waals surface area contributed by atoms with Crippen molar-refractivity contribution in [1.29, 1.82) is 0 Å². The van der Waals surface area contributed by atoms with Crippen LogP contribution in [0.4, 0.5) is 0 Å². The van der Waals surface area contributed by atoms with Crippen LogP contribution in [0.5, 0.6) is 0 Å². The second-order valence-corrected chi connectivity index (χ2v) is 7.09. The molecular formula is C19H22N4S. The highest BCUT2D eigenvalue weighted by molar-refractivity contribution is 7.80. The number of hydrogen-bond donors (Lipinski definition) is 4. The summed E-state index contributed by atoms with van der Waals surface area (Å²) in [6.45, 7) is 2.27.